The number of nitriles is 1. The number of hydrogen-bond donors (Lipinski definition) is 1. The number of methoxy groups -OCH3 is 1. The van der Waals surface area contributed by atoms with Crippen LogP contribution in [-0.4, -0.2) is 31.5 Å². The second-order valence-electron chi connectivity index (χ2n) is 5.26. The first kappa shape index (κ1) is 19.4. The molecule has 0 saturated heterocycles. The fourth-order valence-electron chi connectivity index (χ4n) is 2.04. The molecule has 0 radical (unpaired) electrons. The second kappa shape index (κ2) is 9.53. The van der Waals surface area contributed by atoms with Gasteiger partial charge < -0.3 is 9.47 Å². The van der Waals surface area contributed by atoms with Crippen molar-refractivity contribution in [1.82, 2.24) is 5.32 Å². The number of carbonyl (C=O) groups excluding carboxylic acids is 3. The number of nitrogens with zero attached hydrogens (tertiary/aromatic N) is 1. The molecule has 27 heavy (non-hydrogen) atoms. The van der Waals surface area contributed by atoms with Gasteiger partial charge >= 0.3 is 5.97 Å². The summed E-state index contributed by atoms with van der Waals surface area (Å²) < 4.78 is 9.82. The van der Waals surface area contributed by atoms with Crippen molar-refractivity contribution >= 4 is 23.9 Å². The van der Waals surface area contributed by atoms with Crippen LogP contribution in [0.1, 0.15) is 15.9 Å². The number of imide groups is 1. The highest BCUT2D eigenvalue weighted by molar-refractivity contribution is 6.06. The summed E-state index contributed by atoms with van der Waals surface area (Å²) in [6.45, 7) is -0.682. The summed E-state index contributed by atoms with van der Waals surface area (Å²) in [5.41, 5.74) is 0.615. The van der Waals surface area contributed by atoms with Gasteiger partial charge in [-0.1, -0.05) is 30.3 Å². The Kier molecular flexibility index (Phi) is 6.85. The van der Waals surface area contributed by atoms with Crippen LogP contribution in [0.5, 0.6) is 5.75 Å². The smallest absolute Gasteiger partial charge is 0.349 e. The largest absolute Gasteiger partial charge is 0.497 e. The van der Waals surface area contributed by atoms with Gasteiger partial charge in [0.05, 0.1) is 7.11 Å². The SMILES string of the molecule is COc1ccc(/C=C(\C#N)C(=O)OCC(=O)NC(=O)c2ccccc2)cc1. The maximum absolute atomic E-state index is 12.0. The molecule has 0 spiro atoms. The van der Waals surface area contributed by atoms with E-state index in [0.29, 0.717) is 16.9 Å². The van der Waals surface area contributed by atoms with E-state index in [0.717, 1.165) is 0 Å². The first-order chi connectivity index (χ1) is 13.0. The van der Waals surface area contributed by atoms with E-state index in [9.17, 15) is 14.4 Å². The zero-order chi connectivity index (χ0) is 19.6. The number of ether oxygens (including phenoxy) is 2. The number of hydrogen-bond acceptors (Lipinski definition) is 6. The third kappa shape index (κ3) is 5.83. The summed E-state index contributed by atoms with van der Waals surface area (Å²) in [4.78, 5) is 35.5. The van der Waals surface area contributed by atoms with Crippen LogP contribution in [-0.2, 0) is 14.3 Å². The van der Waals surface area contributed by atoms with Gasteiger partial charge in [0.25, 0.3) is 11.8 Å². The molecule has 1 N–H and O–H groups in total. The molecular formula is C20H16N2O5. The molecule has 0 saturated carbocycles. The molecular weight excluding hydrogens is 348 g/mol. The Morgan fingerprint density at radius 2 is 1.74 bits per heavy atom. The Labute approximate surface area is 155 Å². The standard InChI is InChI=1S/C20H16N2O5/c1-26-17-9-7-14(8-10-17)11-16(12-21)20(25)27-13-18(23)22-19(24)15-5-3-2-4-6-15/h2-11H,13H2,1H3,(H,22,23,24)/b16-11+. The van der Waals surface area contributed by atoms with E-state index in [1.54, 1.807) is 60.7 Å². The van der Waals surface area contributed by atoms with Crippen LogP contribution in [0.3, 0.4) is 0 Å². The normalized spacial score (nSPS) is 10.4. The maximum Gasteiger partial charge on any atom is 0.349 e. The summed E-state index contributed by atoms with van der Waals surface area (Å²) in [6, 6.07) is 16.5. The Hall–Kier alpha value is -3.92. The number of benzene rings is 2. The van der Waals surface area contributed by atoms with Crippen LogP contribution in [0.2, 0.25) is 0 Å². The van der Waals surface area contributed by atoms with E-state index in [1.165, 1.54) is 13.2 Å². The Morgan fingerprint density at radius 3 is 2.33 bits per heavy atom. The van der Waals surface area contributed by atoms with Gasteiger partial charge in [-0.2, -0.15) is 5.26 Å². The van der Waals surface area contributed by atoms with Crippen LogP contribution in [0.15, 0.2) is 60.2 Å². The molecule has 2 rings (SSSR count). The van der Waals surface area contributed by atoms with Crippen LogP contribution >= 0.6 is 0 Å². The summed E-state index contributed by atoms with van der Waals surface area (Å²) in [5, 5.41) is 11.2. The lowest BCUT2D eigenvalue weighted by Crippen LogP contribution is -2.34. The van der Waals surface area contributed by atoms with E-state index in [2.05, 4.69) is 5.32 Å². The number of esters is 1. The van der Waals surface area contributed by atoms with Gasteiger partial charge in [-0.15, -0.1) is 0 Å². The Morgan fingerprint density at radius 1 is 1.07 bits per heavy atom. The van der Waals surface area contributed by atoms with Gasteiger partial charge in [-0.25, -0.2) is 4.79 Å². The summed E-state index contributed by atoms with van der Waals surface area (Å²) in [6.07, 6.45) is 1.33. The second-order valence-corrected chi connectivity index (χ2v) is 5.26. The molecule has 2 aromatic rings. The van der Waals surface area contributed by atoms with Crippen molar-refractivity contribution < 1.29 is 23.9 Å². The number of amides is 2. The molecule has 0 aromatic heterocycles. The number of nitrogens with one attached hydrogen (secondary N) is 1. The van der Waals surface area contributed by atoms with E-state index in [-0.39, 0.29) is 5.57 Å². The van der Waals surface area contributed by atoms with Crippen molar-refractivity contribution in [3.63, 3.8) is 0 Å². The lowest BCUT2D eigenvalue weighted by molar-refractivity contribution is -0.144. The van der Waals surface area contributed by atoms with Crippen molar-refractivity contribution in [2.45, 2.75) is 0 Å². The number of carbonyl (C=O) groups is 3. The predicted molar refractivity (Wildman–Crippen MR) is 96.5 cm³/mol. The highest BCUT2D eigenvalue weighted by Crippen LogP contribution is 2.14. The molecule has 136 valence electrons. The zero-order valence-electron chi connectivity index (χ0n) is 14.5. The lowest BCUT2D eigenvalue weighted by Gasteiger charge is -2.05. The summed E-state index contributed by atoms with van der Waals surface area (Å²) >= 11 is 0. The Balaban J connectivity index is 1.92. The Bertz CT molecular complexity index is 896. The van der Waals surface area contributed by atoms with E-state index in [4.69, 9.17) is 14.7 Å². The molecule has 0 heterocycles. The van der Waals surface area contributed by atoms with Gasteiger partial charge in [0.15, 0.2) is 6.61 Å². The quantitative estimate of drug-likeness (QED) is 0.478. The van der Waals surface area contributed by atoms with Crippen LogP contribution in [0.25, 0.3) is 6.08 Å². The minimum Gasteiger partial charge on any atom is -0.497 e. The highest BCUT2D eigenvalue weighted by Gasteiger charge is 2.15. The van der Waals surface area contributed by atoms with Gasteiger partial charge in [0.2, 0.25) is 0 Å². The van der Waals surface area contributed by atoms with Gasteiger partial charge in [-0.3, -0.25) is 14.9 Å². The fourth-order valence-corrected chi connectivity index (χ4v) is 2.04. The summed E-state index contributed by atoms with van der Waals surface area (Å²) in [7, 11) is 1.52. The molecule has 2 amide bonds. The van der Waals surface area contributed by atoms with Crippen molar-refractivity contribution in [3.8, 4) is 11.8 Å². The lowest BCUT2D eigenvalue weighted by atomic mass is 10.1. The van der Waals surface area contributed by atoms with Crippen LogP contribution in [0.4, 0.5) is 0 Å². The van der Waals surface area contributed by atoms with Crippen molar-refractivity contribution in [2.24, 2.45) is 0 Å². The molecule has 0 aliphatic carbocycles. The fraction of sp³-hybridized carbons (Fsp3) is 0.100. The first-order valence-electron chi connectivity index (χ1n) is 7.85. The predicted octanol–water partition coefficient (Wildman–Crippen LogP) is 2.10. The minimum atomic E-state index is -0.962. The molecule has 7 heteroatoms. The highest BCUT2D eigenvalue weighted by atomic mass is 16.5. The average molecular weight is 364 g/mol. The molecule has 0 fully saturated rings. The topological polar surface area (TPSA) is 105 Å². The third-order valence-corrected chi connectivity index (χ3v) is 3.39. The molecule has 2 aromatic carbocycles. The molecule has 7 nitrogen and oxygen atoms in total. The van der Waals surface area contributed by atoms with E-state index < -0.39 is 24.4 Å². The molecule has 0 atom stereocenters. The van der Waals surface area contributed by atoms with Gasteiger partial charge in [0, 0.05) is 5.56 Å². The average Bonchev–Trinajstić information content (AvgIpc) is 2.71. The molecule has 0 unspecified atom stereocenters. The van der Waals surface area contributed by atoms with Gasteiger partial charge in [0.1, 0.15) is 17.4 Å². The number of rotatable bonds is 6. The molecule has 0 bridgehead atoms. The minimum absolute atomic E-state index is 0.276. The van der Waals surface area contributed by atoms with Crippen molar-refractivity contribution in [1.29, 1.82) is 5.26 Å². The van der Waals surface area contributed by atoms with Crippen LogP contribution in [0, 0.1) is 11.3 Å². The maximum atomic E-state index is 12.0. The summed E-state index contributed by atoms with van der Waals surface area (Å²) in [5.74, 6) is -1.73. The van der Waals surface area contributed by atoms with Crippen molar-refractivity contribution in [3.05, 3.63) is 71.3 Å². The van der Waals surface area contributed by atoms with Crippen LogP contribution < -0.4 is 10.1 Å². The molecule has 0 aliphatic rings. The van der Waals surface area contributed by atoms with E-state index >= 15 is 0 Å². The third-order valence-electron chi connectivity index (χ3n) is 3.39. The molecule has 0 aliphatic heterocycles. The first-order valence-corrected chi connectivity index (χ1v) is 7.85. The zero-order valence-corrected chi connectivity index (χ0v) is 14.5. The van der Waals surface area contributed by atoms with Crippen molar-refractivity contribution in [2.75, 3.05) is 13.7 Å². The monoisotopic (exact) mass is 364 g/mol. The van der Waals surface area contributed by atoms with E-state index in [1.807, 2.05) is 0 Å². The van der Waals surface area contributed by atoms with Gasteiger partial charge in [-0.05, 0) is 35.9 Å².